The fourth-order valence-electron chi connectivity index (χ4n) is 7.05. The Morgan fingerprint density at radius 2 is 1.59 bits per heavy atom. The molecule has 0 bridgehead atoms. The molecule has 4 unspecified atom stereocenters. The number of carboxylic acid groups (broad SMARTS) is 1. The molecule has 1 aromatic heterocycles. The van der Waals surface area contributed by atoms with E-state index in [0.29, 0.717) is 16.7 Å². The van der Waals surface area contributed by atoms with E-state index in [9.17, 15) is 37.5 Å². The maximum absolute atomic E-state index is 14.3. The van der Waals surface area contributed by atoms with Gasteiger partial charge in [-0.15, -0.1) is 0 Å². The number of aromatic nitrogens is 1. The highest BCUT2D eigenvalue weighted by Crippen LogP contribution is 2.51. The van der Waals surface area contributed by atoms with Crippen molar-refractivity contribution in [3.8, 4) is 11.5 Å². The number of nitrogens with zero attached hydrogens (tertiary/aromatic N) is 1. The molecular weight excluding hydrogens is 639 g/mol. The number of amides is 2. The van der Waals surface area contributed by atoms with Gasteiger partial charge in [-0.05, 0) is 78.7 Å². The van der Waals surface area contributed by atoms with Crippen molar-refractivity contribution in [2.24, 2.45) is 11.8 Å². The number of H-pyrrole nitrogens is 1. The minimum Gasteiger partial charge on any atom is -0.480 e. The van der Waals surface area contributed by atoms with E-state index in [-0.39, 0.29) is 29.4 Å². The van der Waals surface area contributed by atoms with Crippen LogP contribution < -0.4 is 15.0 Å². The lowest BCUT2D eigenvalue weighted by atomic mass is 9.76. The Morgan fingerprint density at radius 3 is 2.29 bits per heavy atom. The van der Waals surface area contributed by atoms with Crippen LogP contribution in [0.15, 0.2) is 103 Å². The van der Waals surface area contributed by atoms with Gasteiger partial charge < -0.3 is 14.8 Å². The number of carbonyl (C=O) groups excluding carboxylic acids is 3. The number of aliphatic carboxylic acids is 1. The van der Waals surface area contributed by atoms with Crippen molar-refractivity contribution in [2.75, 3.05) is 4.90 Å². The van der Waals surface area contributed by atoms with Crippen LogP contribution in [-0.4, -0.2) is 39.2 Å². The van der Waals surface area contributed by atoms with Gasteiger partial charge in [0.05, 0.1) is 23.1 Å². The fourth-order valence-corrected chi connectivity index (χ4v) is 7.05. The van der Waals surface area contributed by atoms with Gasteiger partial charge in [-0.1, -0.05) is 36.4 Å². The molecule has 3 N–H and O–H groups in total. The van der Waals surface area contributed by atoms with Crippen molar-refractivity contribution in [1.82, 2.24) is 10.3 Å². The van der Waals surface area contributed by atoms with E-state index in [2.05, 4.69) is 10.3 Å². The van der Waals surface area contributed by atoms with Gasteiger partial charge >= 0.3 is 12.1 Å². The fraction of sp³-hybridized carbons (Fsp3) is 0.189. The second kappa shape index (κ2) is 11.7. The molecule has 248 valence electrons. The number of hydrogen-bond acceptors (Lipinski definition) is 6. The molecule has 0 radical (unpaired) electrons. The summed E-state index contributed by atoms with van der Waals surface area (Å²) in [6.45, 7) is 1.39. The number of halogens is 3. The number of imide groups is 1. The molecule has 0 saturated carbocycles. The van der Waals surface area contributed by atoms with E-state index in [1.54, 1.807) is 18.3 Å². The Balaban J connectivity index is 1.31. The molecule has 5 aromatic rings. The number of hydrogen-bond donors (Lipinski definition) is 3. The number of anilines is 1. The molecule has 3 heterocycles. The minimum absolute atomic E-state index is 0.0734. The Bertz CT molecular complexity index is 2140. The molecule has 2 amide bonds. The molecule has 4 atom stereocenters. The standard InChI is InChI=1S/C37H28F3N3O6/c1-20(44)21-12-14-25(15-13-21)43-33(45)30-31(34(43)46)36(35(47)48,18-23-19-41-29-11-3-2-10-28(23)29)42-32(30)22-6-4-8-26(16-22)49-27-9-5-7-24(17-27)37(38,39)40/h2-17,19,30-32,41-42H,18H2,1H3,(H,47,48). The minimum atomic E-state index is -4.58. The number of carbonyl (C=O) groups is 4. The Morgan fingerprint density at radius 1 is 0.898 bits per heavy atom. The number of ketones is 1. The summed E-state index contributed by atoms with van der Waals surface area (Å²) < 4.78 is 45.8. The first-order valence-corrected chi connectivity index (χ1v) is 15.4. The number of nitrogens with one attached hydrogen (secondary N) is 2. The monoisotopic (exact) mass is 667 g/mol. The Labute approximate surface area is 277 Å². The number of aromatic amines is 1. The number of para-hydroxylation sites is 1. The van der Waals surface area contributed by atoms with Crippen LogP contribution in [0.3, 0.4) is 0 Å². The molecule has 12 heteroatoms. The van der Waals surface area contributed by atoms with Gasteiger partial charge in [-0.2, -0.15) is 13.2 Å². The molecule has 49 heavy (non-hydrogen) atoms. The van der Waals surface area contributed by atoms with Crippen LogP contribution >= 0.6 is 0 Å². The highest BCUT2D eigenvalue weighted by Gasteiger charge is 2.68. The topological polar surface area (TPSA) is 129 Å². The number of Topliss-reactive ketones (excluding diaryl/α,β-unsaturated/α-hetero) is 1. The maximum atomic E-state index is 14.3. The zero-order valence-electron chi connectivity index (χ0n) is 25.8. The summed E-state index contributed by atoms with van der Waals surface area (Å²) in [6.07, 6.45) is -3.05. The third-order valence-corrected chi connectivity index (χ3v) is 9.33. The van der Waals surface area contributed by atoms with E-state index >= 15 is 0 Å². The average molecular weight is 668 g/mol. The van der Waals surface area contributed by atoms with Crippen LogP contribution in [0.5, 0.6) is 11.5 Å². The highest BCUT2D eigenvalue weighted by atomic mass is 19.4. The van der Waals surface area contributed by atoms with Crippen molar-refractivity contribution in [1.29, 1.82) is 0 Å². The van der Waals surface area contributed by atoms with E-state index in [1.165, 1.54) is 55.5 Å². The quantitative estimate of drug-likeness (QED) is 0.124. The first kappa shape index (κ1) is 31.8. The smallest absolute Gasteiger partial charge is 0.416 e. The maximum Gasteiger partial charge on any atom is 0.416 e. The van der Waals surface area contributed by atoms with Crippen LogP contribution in [0.25, 0.3) is 10.9 Å². The van der Waals surface area contributed by atoms with E-state index in [0.717, 1.165) is 27.9 Å². The summed E-state index contributed by atoms with van der Waals surface area (Å²) in [5, 5.41) is 14.9. The summed E-state index contributed by atoms with van der Waals surface area (Å²) in [5.74, 6) is -5.33. The van der Waals surface area contributed by atoms with Crippen molar-refractivity contribution in [3.63, 3.8) is 0 Å². The Kier molecular flexibility index (Phi) is 7.63. The van der Waals surface area contributed by atoms with Crippen molar-refractivity contribution in [2.45, 2.75) is 31.1 Å². The van der Waals surface area contributed by atoms with E-state index in [4.69, 9.17) is 4.74 Å². The normalized spacial score (nSPS) is 22.0. The summed E-state index contributed by atoms with van der Waals surface area (Å²) in [5.41, 5.74) is -0.479. The van der Waals surface area contributed by atoms with Gasteiger partial charge in [0, 0.05) is 35.1 Å². The summed E-state index contributed by atoms with van der Waals surface area (Å²) in [6, 6.07) is 22.9. The first-order chi connectivity index (χ1) is 23.4. The van der Waals surface area contributed by atoms with Crippen LogP contribution in [0, 0.1) is 11.8 Å². The number of alkyl halides is 3. The largest absolute Gasteiger partial charge is 0.480 e. The van der Waals surface area contributed by atoms with Crippen LogP contribution in [0.2, 0.25) is 0 Å². The Hall–Kier alpha value is -5.75. The average Bonchev–Trinajstić information content (AvgIpc) is 3.72. The lowest BCUT2D eigenvalue weighted by molar-refractivity contribution is -0.148. The number of rotatable bonds is 8. The number of ether oxygens (including phenoxy) is 1. The van der Waals surface area contributed by atoms with E-state index < -0.39 is 52.9 Å². The molecule has 0 spiro atoms. The summed E-state index contributed by atoms with van der Waals surface area (Å²) in [7, 11) is 0. The van der Waals surface area contributed by atoms with Crippen LogP contribution in [0.4, 0.5) is 18.9 Å². The van der Waals surface area contributed by atoms with Gasteiger partial charge in [0.15, 0.2) is 5.78 Å². The molecule has 7 rings (SSSR count). The number of carboxylic acids is 1. The molecule has 2 fully saturated rings. The van der Waals surface area contributed by atoms with Crippen molar-refractivity contribution >= 4 is 40.2 Å². The molecule has 2 aliphatic heterocycles. The third-order valence-electron chi connectivity index (χ3n) is 9.33. The second-order valence-electron chi connectivity index (χ2n) is 12.3. The van der Waals surface area contributed by atoms with Gasteiger partial charge in [0.2, 0.25) is 11.8 Å². The molecule has 2 aliphatic rings. The lowest BCUT2D eigenvalue weighted by Gasteiger charge is -2.31. The summed E-state index contributed by atoms with van der Waals surface area (Å²) in [4.78, 5) is 58.1. The molecule has 4 aromatic carbocycles. The second-order valence-corrected chi connectivity index (χ2v) is 12.3. The predicted molar refractivity (Wildman–Crippen MR) is 172 cm³/mol. The van der Waals surface area contributed by atoms with Crippen LogP contribution in [-0.2, 0) is 27.0 Å². The van der Waals surface area contributed by atoms with Crippen molar-refractivity contribution in [3.05, 3.63) is 126 Å². The third kappa shape index (κ3) is 5.43. The molecule has 2 saturated heterocycles. The summed E-state index contributed by atoms with van der Waals surface area (Å²) >= 11 is 0. The number of fused-ring (bicyclic) bond motifs is 2. The van der Waals surface area contributed by atoms with Crippen molar-refractivity contribution < 1.29 is 42.2 Å². The molecule has 0 aliphatic carbocycles. The van der Waals surface area contributed by atoms with Gasteiger partial charge in [-0.25, -0.2) is 4.90 Å². The van der Waals surface area contributed by atoms with Gasteiger partial charge in [-0.3, -0.25) is 24.5 Å². The molecule has 9 nitrogen and oxygen atoms in total. The zero-order chi connectivity index (χ0) is 34.7. The SMILES string of the molecule is CC(=O)c1ccc(N2C(=O)C3C(c4cccc(Oc5cccc(C(F)(F)F)c5)c4)NC(Cc4c[nH]c5ccccc45)(C(=O)O)C3C2=O)cc1. The highest BCUT2D eigenvalue weighted by molar-refractivity contribution is 6.24. The predicted octanol–water partition coefficient (Wildman–Crippen LogP) is 6.70. The van der Waals surface area contributed by atoms with E-state index in [1.807, 2.05) is 24.3 Å². The first-order valence-electron chi connectivity index (χ1n) is 15.4. The number of benzene rings is 4. The van der Waals surface area contributed by atoms with Gasteiger partial charge in [0.25, 0.3) is 0 Å². The van der Waals surface area contributed by atoms with Gasteiger partial charge in [0.1, 0.15) is 17.0 Å². The zero-order valence-corrected chi connectivity index (χ0v) is 25.8. The van der Waals surface area contributed by atoms with Crippen LogP contribution in [0.1, 0.15) is 40.0 Å². The molecular formula is C37H28F3N3O6. The lowest BCUT2D eigenvalue weighted by Crippen LogP contribution is -2.57.